The largest absolute Gasteiger partial charge is 0.497 e. The van der Waals surface area contributed by atoms with Crippen molar-refractivity contribution in [2.24, 2.45) is 0 Å². The van der Waals surface area contributed by atoms with E-state index in [1.165, 1.54) is 0 Å². The van der Waals surface area contributed by atoms with Gasteiger partial charge in [-0.15, -0.1) is 0 Å². The molecule has 0 saturated carbocycles. The normalized spacial score (nSPS) is 18.0. The average Bonchev–Trinajstić information content (AvgIpc) is 2.99. The standard InChI is InChI=1S/C19H16NO3PS/c1-21-16-9-12-19-18(13-16)20-24(25,23-19)17-10-7-15(8-11-17)22-14-5-3-2-4-6-14/h2-13H,1H3,(H,20,25). The molecule has 0 fully saturated rings. The summed E-state index contributed by atoms with van der Waals surface area (Å²) in [6, 6.07) is 23.0. The zero-order valence-corrected chi connectivity index (χ0v) is 15.2. The van der Waals surface area contributed by atoms with E-state index < -0.39 is 6.42 Å². The molecule has 1 unspecified atom stereocenters. The van der Waals surface area contributed by atoms with E-state index in [1.54, 1.807) is 7.11 Å². The molecule has 1 aliphatic rings. The Kier molecular flexibility index (Phi) is 4.12. The Morgan fingerprint density at radius 2 is 1.56 bits per heavy atom. The summed E-state index contributed by atoms with van der Waals surface area (Å²) in [7, 11) is 1.64. The molecule has 1 atom stereocenters. The first kappa shape index (κ1) is 16.0. The molecule has 25 heavy (non-hydrogen) atoms. The molecule has 0 bridgehead atoms. The third-order valence-corrected chi connectivity index (χ3v) is 6.93. The molecular weight excluding hydrogens is 353 g/mol. The molecule has 4 nitrogen and oxygen atoms in total. The highest BCUT2D eigenvalue weighted by Gasteiger charge is 2.31. The number of methoxy groups -OCH3 is 1. The second kappa shape index (κ2) is 6.43. The van der Waals surface area contributed by atoms with E-state index in [4.69, 9.17) is 25.8 Å². The fourth-order valence-corrected chi connectivity index (χ4v) is 5.23. The Morgan fingerprint density at radius 3 is 2.28 bits per heavy atom. The fraction of sp³-hybridized carbons (Fsp3) is 0.0526. The topological polar surface area (TPSA) is 39.7 Å². The summed E-state index contributed by atoms with van der Waals surface area (Å²) >= 11 is 5.79. The van der Waals surface area contributed by atoms with E-state index in [1.807, 2.05) is 72.8 Å². The van der Waals surface area contributed by atoms with Crippen LogP contribution in [0.2, 0.25) is 0 Å². The van der Waals surface area contributed by atoms with E-state index in [2.05, 4.69) is 5.09 Å². The number of nitrogens with one attached hydrogen (secondary N) is 1. The van der Waals surface area contributed by atoms with Crippen molar-refractivity contribution in [2.75, 3.05) is 12.2 Å². The highest BCUT2D eigenvalue weighted by molar-refractivity contribution is 8.16. The molecule has 1 N–H and O–H groups in total. The molecule has 126 valence electrons. The Bertz CT molecular complexity index is 945. The molecule has 0 spiro atoms. The minimum atomic E-state index is -2.36. The first-order valence-electron chi connectivity index (χ1n) is 7.76. The van der Waals surface area contributed by atoms with Crippen LogP contribution in [0.5, 0.6) is 23.0 Å². The van der Waals surface area contributed by atoms with E-state index in [0.29, 0.717) is 0 Å². The number of rotatable bonds is 4. The van der Waals surface area contributed by atoms with Crippen LogP contribution in [0.15, 0.2) is 72.8 Å². The summed E-state index contributed by atoms with van der Waals surface area (Å²) in [5, 5.41) is 4.30. The van der Waals surface area contributed by atoms with Crippen molar-refractivity contribution in [1.29, 1.82) is 0 Å². The van der Waals surface area contributed by atoms with Crippen molar-refractivity contribution in [3.05, 3.63) is 72.8 Å². The smallest absolute Gasteiger partial charge is 0.232 e. The zero-order valence-electron chi connectivity index (χ0n) is 13.5. The predicted octanol–water partition coefficient (Wildman–Crippen LogP) is 4.93. The van der Waals surface area contributed by atoms with Gasteiger partial charge in [-0.3, -0.25) is 0 Å². The van der Waals surface area contributed by atoms with Gasteiger partial charge in [0.05, 0.1) is 12.8 Å². The summed E-state index contributed by atoms with van der Waals surface area (Å²) in [6.07, 6.45) is -2.36. The predicted molar refractivity (Wildman–Crippen MR) is 104 cm³/mol. The van der Waals surface area contributed by atoms with Gasteiger partial charge in [0.25, 0.3) is 0 Å². The van der Waals surface area contributed by atoms with Crippen molar-refractivity contribution in [3.63, 3.8) is 0 Å². The van der Waals surface area contributed by atoms with Gasteiger partial charge in [-0.2, -0.15) is 0 Å². The lowest BCUT2D eigenvalue weighted by atomic mass is 10.3. The summed E-state index contributed by atoms with van der Waals surface area (Å²) in [4.78, 5) is 0. The number of hydrogen-bond acceptors (Lipinski definition) is 4. The van der Waals surface area contributed by atoms with Crippen LogP contribution in [-0.2, 0) is 11.8 Å². The third-order valence-electron chi connectivity index (χ3n) is 3.84. The Hall–Kier alpha value is -2.49. The molecule has 0 saturated heterocycles. The van der Waals surface area contributed by atoms with Crippen molar-refractivity contribution < 1.29 is 14.0 Å². The molecule has 0 aliphatic carbocycles. The van der Waals surface area contributed by atoms with Crippen LogP contribution < -0.4 is 24.4 Å². The molecule has 6 heteroatoms. The van der Waals surface area contributed by atoms with Gasteiger partial charge in [0.2, 0.25) is 6.42 Å². The lowest BCUT2D eigenvalue weighted by Crippen LogP contribution is -2.10. The molecule has 3 aromatic carbocycles. The van der Waals surface area contributed by atoms with Crippen molar-refractivity contribution >= 4 is 29.2 Å². The molecule has 1 heterocycles. The van der Waals surface area contributed by atoms with E-state index in [0.717, 1.165) is 34.0 Å². The fourth-order valence-electron chi connectivity index (χ4n) is 2.58. The monoisotopic (exact) mass is 369 g/mol. The summed E-state index contributed by atoms with van der Waals surface area (Å²) in [6.45, 7) is 0. The Balaban J connectivity index is 1.55. The van der Waals surface area contributed by atoms with Gasteiger partial charge in [-0.1, -0.05) is 18.2 Å². The molecule has 3 aromatic rings. The van der Waals surface area contributed by atoms with Crippen LogP contribution in [0.1, 0.15) is 0 Å². The Morgan fingerprint density at radius 1 is 0.880 bits per heavy atom. The van der Waals surface area contributed by atoms with Gasteiger partial charge < -0.3 is 19.1 Å². The maximum absolute atomic E-state index is 6.06. The van der Waals surface area contributed by atoms with Crippen LogP contribution in [0.4, 0.5) is 5.69 Å². The van der Waals surface area contributed by atoms with Crippen molar-refractivity contribution in [1.82, 2.24) is 0 Å². The van der Waals surface area contributed by atoms with Crippen molar-refractivity contribution in [3.8, 4) is 23.0 Å². The first-order valence-corrected chi connectivity index (χ1v) is 10.5. The molecule has 0 amide bonds. The summed E-state index contributed by atoms with van der Waals surface area (Å²) in [5.74, 6) is 3.08. The van der Waals surface area contributed by atoms with Crippen LogP contribution in [0, 0.1) is 0 Å². The molecule has 4 rings (SSSR count). The summed E-state index contributed by atoms with van der Waals surface area (Å²) in [5.41, 5.74) is 0.868. The number of benzene rings is 3. The van der Waals surface area contributed by atoms with Gasteiger partial charge in [-0.05, 0) is 60.3 Å². The van der Waals surface area contributed by atoms with Crippen LogP contribution in [0.25, 0.3) is 0 Å². The lowest BCUT2D eigenvalue weighted by molar-refractivity contribution is 0.414. The molecule has 0 aromatic heterocycles. The Labute approximate surface area is 151 Å². The quantitative estimate of drug-likeness (QED) is 0.661. The number of anilines is 1. The maximum Gasteiger partial charge on any atom is 0.232 e. The van der Waals surface area contributed by atoms with Crippen LogP contribution in [0.3, 0.4) is 0 Å². The van der Waals surface area contributed by atoms with E-state index >= 15 is 0 Å². The van der Waals surface area contributed by atoms with Gasteiger partial charge in [0, 0.05) is 11.4 Å². The zero-order chi connectivity index (χ0) is 17.3. The van der Waals surface area contributed by atoms with Gasteiger partial charge in [0.1, 0.15) is 23.0 Å². The lowest BCUT2D eigenvalue weighted by Gasteiger charge is -2.16. The molecule has 0 radical (unpaired) electrons. The van der Waals surface area contributed by atoms with Gasteiger partial charge in [-0.25, -0.2) is 0 Å². The molecular formula is C19H16NO3PS. The van der Waals surface area contributed by atoms with Gasteiger partial charge >= 0.3 is 0 Å². The molecule has 1 aliphatic heterocycles. The SMILES string of the molecule is COc1ccc2c(c1)NP(=S)(c1ccc(Oc3ccccc3)cc1)O2. The number of para-hydroxylation sites is 1. The second-order valence-corrected chi connectivity index (χ2v) is 9.09. The first-order chi connectivity index (χ1) is 12.2. The summed E-state index contributed by atoms with van der Waals surface area (Å²) < 4.78 is 17.1. The number of ether oxygens (including phenoxy) is 2. The average molecular weight is 369 g/mol. The second-order valence-electron chi connectivity index (χ2n) is 5.53. The van der Waals surface area contributed by atoms with Crippen LogP contribution >= 0.6 is 6.42 Å². The third kappa shape index (κ3) is 3.21. The highest BCUT2D eigenvalue weighted by Crippen LogP contribution is 2.56. The number of fused-ring (bicyclic) bond motifs is 1. The maximum atomic E-state index is 6.06. The van der Waals surface area contributed by atoms with Gasteiger partial charge in [0.15, 0.2) is 0 Å². The van der Waals surface area contributed by atoms with E-state index in [-0.39, 0.29) is 0 Å². The highest BCUT2D eigenvalue weighted by atomic mass is 32.4. The number of hydrogen-bond donors (Lipinski definition) is 1. The van der Waals surface area contributed by atoms with E-state index in [9.17, 15) is 0 Å². The minimum Gasteiger partial charge on any atom is -0.497 e. The minimum absolute atomic E-state index is 0.758. The van der Waals surface area contributed by atoms with Crippen molar-refractivity contribution in [2.45, 2.75) is 0 Å². The van der Waals surface area contributed by atoms with Crippen LogP contribution in [-0.4, -0.2) is 7.11 Å².